The molecule has 0 radical (unpaired) electrons. The van der Waals surface area contributed by atoms with Crippen molar-refractivity contribution in [2.75, 3.05) is 16.9 Å². The fraction of sp³-hybridized carbons (Fsp3) is 0.105. The van der Waals surface area contributed by atoms with Crippen molar-refractivity contribution < 1.29 is 13.2 Å². The van der Waals surface area contributed by atoms with E-state index in [-0.39, 0.29) is 21.3 Å². The van der Waals surface area contributed by atoms with Gasteiger partial charge in [0.2, 0.25) is 15.7 Å². The van der Waals surface area contributed by atoms with Gasteiger partial charge in [-0.2, -0.15) is 10.5 Å². The van der Waals surface area contributed by atoms with Crippen LogP contribution in [-0.2, 0) is 14.6 Å². The summed E-state index contributed by atoms with van der Waals surface area (Å²) in [5.74, 6) is -0.242. The summed E-state index contributed by atoms with van der Waals surface area (Å²) in [6.07, 6.45) is 1.72. The number of anilines is 2. The van der Waals surface area contributed by atoms with Crippen molar-refractivity contribution in [2.45, 2.75) is 16.7 Å². The zero-order chi connectivity index (χ0) is 20.7. The lowest BCUT2D eigenvalue weighted by Crippen LogP contribution is -2.06. The third-order valence-corrected chi connectivity index (χ3v) is 6.06. The highest BCUT2D eigenvalue weighted by molar-refractivity contribution is 8.02. The van der Waals surface area contributed by atoms with Gasteiger partial charge < -0.3 is 10.6 Å². The van der Waals surface area contributed by atoms with Crippen LogP contribution in [0.25, 0.3) is 0 Å². The molecule has 0 aliphatic heterocycles. The molecule has 0 heterocycles. The second-order valence-electron chi connectivity index (χ2n) is 5.49. The van der Waals surface area contributed by atoms with Crippen LogP contribution in [0.2, 0.25) is 0 Å². The lowest BCUT2D eigenvalue weighted by atomic mass is 10.3. The molecule has 7 nitrogen and oxygen atoms in total. The number of allylic oxidation sites excluding steroid dienone is 1. The minimum Gasteiger partial charge on any atom is -0.349 e. The fourth-order valence-electron chi connectivity index (χ4n) is 2.25. The van der Waals surface area contributed by atoms with Gasteiger partial charge in [-0.1, -0.05) is 0 Å². The number of carbonyl (C=O) groups is 1. The third kappa shape index (κ3) is 4.92. The lowest BCUT2D eigenvalue weighted by Gasteiger charge is -2.10. The van der Waals surface area contributed by atoms with Gasteiger partial charge in [0.15, 0.2) is 5.57 Å². The van der Waals surface area contributed by atoms with Crippen molar-refractivity contribution >= 4 is 38.9 Å². The average Bonchev–Trinajstić information content (AvgIpc) is 2.68. The predicted molar refractivity (Wildman–Crippen MR) is 108 cm³/mol. The number of rotatable bonds is 6. The van der Waals surface area contributed by atoms with E-state index in [1.165, 1.54) is 55.1 Å². The Kier molecular flexibility index (Phi) is 6.83. The summed E-state index contributed by atoms with van der Waals surface area (Å²) in [6, 6.07) is 15.5. The first-order valence-corrected chi connectivity index (χ1v) is 10.6. The smallest absolute Gasteiger partial charge is 0.221 e. The summed E-state index contributed by atoms with van der Waals surface area (Å²) in [5, 5.41) is 23.8. The van der Waals surface area contributed by atoms with Gasteiger partial charge >= 0.3 is 0 Å². The van der Waals surface area contributed by atoms with Crippen molar-refractivity contribution in [3.8, 4) is 12.1 Å². The number of hydrogen-bond donors (Lipinski definition) is 2. The van der Waals surface area contributed by atoms with Gasteiger partial charge in [-0.15, -0.1) is 11.8 Å². The first-order valence-electron chi connectivity index (χ1n) is 7.90. The summed E-state index contributed by atoms with van der Waals surface area (Å²) in [7, 11) is -3.72. The molecule has 2 rings (SSSR count). The minimum absolute atomic E-state index is 0.0524. The zero-order valence-electron chi connectivity index (χ0n) is 15.1. The Hall–Kier alpha value is -3.27. The Morgan fingerprint density at radius 1 is 0.893 bits per heavy atom. The van der Waals surface area contributed by atoms with Gasteiger partial charge in [0.25, 0.3) is 0 Å². The maximum Gasteiger partial charge on any atom is 0.221 e. The first kappa shape index (κ1) is 21.0. The molecular formula is C19H16N4O3S2. The molecule has 0 spiro atoms. The summed E-state index contributed by atoms with van der Waals surface area (Å²) < 4.78 is 25.5. The molecule has 0 aliphatic carbocycles. The number of nitrogens with zero attached hydrogens (tertiary/aromatic N) is 2. The van der Waals surface area contributed by atoms with Crippen molar-refractivity contribution in [3.05, 3.63) is 59.1 Å². The summed E-state index contributed by atoms with van der Waals surface area (Å²) >= 11 is 1.21. The van der Waals surface area contributed by atoms with E-state index in [4.69, 9.17) is 10.5 Å². The van der Waals surface area contributed by atoms with Crippen LogP contribution in [-0.4, -0.2) is 20.6 Å². The Morgan fingerprint density at radius 3 is 1.68 bits per heavy atom. The van der Waals surface area contributed by atoms with Gasteiger partial charge in [-0.25, -0.2) is 8.42 Å². The summed E-state index contributed by atoms with van der Waals surface area (Å²) in [4.78, 5) is 11.2. The molecule has 0 unspecified atom stereocenters. The van der Waals surface area contributed by atoms with Crippen molar-refractivity contribution in [3.63, 3.8) is 0 Å². The van der Waals surface area contributed by atoms with Crippen molar-refractivity contribution in [1.82, 2.24) is 0 Å². The topological polar surface area (TPSA) is 123 Å². The van der Waals surface area contributed by atoms with Crippen LogP contribution in [0.4, 0.5) is 11.4 Å². The highest BCUT2D eigenvalue weighted by Crippen LogP contribution is 2.25. The van der Waals surface area contributed by atoms with Crippen LogP contribution < -0.4 is 10.6 Å². The van der Waals surface area contributed by atoms with E-state index in [0.29, 0.717) is 16.4 Å². The molecular weight excluding hydrogens is 396 g/mol. The Bertz CT molecular complexity index is 1080. The van der Waals surface area contributed by atoms with Crippen molar-refractivity contribution in [1.29, 1.82) is 10.5 Å². The van der Waals surface area contributed by atoms with Gasteiger partial charge in [0.05, 0.1) is 9.79 Å². The second kappa shape index (κ2) is 9.09. The van der Waals surface area contributed by atoms with E-state index in [2.05, 4.69) is 10.6 Å². The quantitative estimate of drug-likeness (QED) is 0.696. The fourth-order valence-corrected chi connectivity index (χ4v) is 4.02. The van der Waals surface area contributed by atoms with E-state index in [1.54, 1.807) is 18.4 Å². The number of hydrogen-bond acceptors (Lipinski definition) is 7. The first-order chi connectivity index (χ1) is 13.3. The predicted octanol–water partition coefficient (Wildman–Crippen LogP) is 3.51. The summed E-state index contributed by atoms with van der Waals surface area (Å²) in [5.41, 5.74) is 1.00. The molecule has 0 aliphatic rings. The Balaban J connectivity index is 2.27. The molecule has 2 aromatic carbocycles. The molecule has 0 atom stereocenters. The van der Waals surface area contributed by atoms with Crippen LogP contribution in [0, 0.1) is 22.7 Å². The van der Waals surface area contributed by atoms with Gasteiger partial charge in [-0.05, 0) is 54.8 Å². The largest absolute Gasteiger partial charge is 0.349 e. The van der Waals surface area contributed by atoms with Gasteiger partial charge in [0.1, 0.15) is 17.2 Å². The van der Waals surface area contributed by atoms with E-state index in [9.17, 15) is 13.2 Å². The summed E-state index contributed by atoms with van der Waals surface area (Å²) in [6.45, 7) is 1.37. The highest BCUT2D eigenvalue weighted by atomic mass is 32.2. The molecule has 28 heavy (non-hydrogen) atoms. The van der Waals surface area contributed by atoms with Gasteiger partial charge in [0, 0.05) is 18.3 Å². The zero-order valence-corrected chi connectivity index (χ0v) is 16.7. The number of thioether (sulfide) groups is 1. The number of nitrogens with one attached hydrogen (secondary N) is 2. The highest BCUT2D eigenvalue weighted by Gasteiger charge is 2.17. The van der Waals surface area contributed by atoms with Crippen LogP contribution >= 0.6 is 11.8 Å². The molecule has 0 saturated carbocycles. The molecule has 0 fully saturated rings. The number of amides is 1. The standard InChI is InChI=1S/C19H16N4O3S2/c1-13(24)22-15-3-7-17(8-4-15)28(25,26)18-9-5-16(6-10-18)23-19(27-2)14(11-20)12-21/h3-10,23H,1-2H3,(H,22,24). The molecule has 2 aromatic rings. The molecule has 142 valence electrons. The van der Waals surface area contributed by atoms with Crippen LogP contribution in [0.3, 0.4) is 0 Å². The number of carbonyl (C=O) groups excluding carboxylic acids is 1. The Morgan fingerprint density at radius 2 is 1.32 bits per heavy atom. The Labute approximate surface area is 167 Å². The normalized spacial score (nSPS) is 10.3. The molecule has 1 amide bonds. The lowest BCUT2D eigenvalue weighted by molar-refractivity contribution is -0.114. The number of sulfone groups is 1. The van der Waals surface area contributed by atoms with Crippen LogP contribution in [0.1, 0.15) is 6.92 Å². The van der Waals surface area contributed by atoms with E-state index in [1.807, 2.05) is 12.1 Å². The number of benzene rings is 2. The number of nitriles is 2. The molecule has 0 bridgehead atoms. The SMILES string of the molecule is CSC(Nc1ccc(S(=O)(=O)c2ccc(NC(C)=O)cc2)cc1)=C(C#N)C#N. The maximum atomic E-state index is 12.8. The van der Waals surface area contributed by atoms with Crippen molar-refractivity contribution in [2.24, 2.45) is 0 Å². The maximum absolute atomic E-state index is 12.8. The molecule has 0 saturated heterocycles. The average molecular weight is 412 g/mol. The van der Waals surface area contributed by atoms with E-state index in [0.717, 1.165) is 0 Å². The molecule has 9 heteroatoms. The van der Waals surface area contributed by atoms with Crippen LogP contribution in [0.15, 0.2) is 68.9 Å². The second-order valence-corrected chi connectivity index (χ2v) is 8.26. The minimum atomic E-state index is -3.72. The monoisotopic (exact) mass is 412 g/mol. The van der Waals surface area contributed by atoms with E-state index >= 15 is 0 Å². The molecule has 2 N–H and O–H groups in total. The van der Waals surface area contributed by atoms with E-state index < -0.39 is 9.84 Å². The van der Waals surface area contributed by atoms with Crippen LogP contribution in [0.5, 0.6) is 0 Å². The third-order valence-electron chi connectivity index (χ3n) is 3.56. The molecule has 0 aromatic heterocycles. The van der Waals surface area contributed by atoms with Gasteiger partial charge in [-0.3, -0.25) is 4.79 Å².